The van der Waals surface area contributed by atoms with Gasteiger partial charge in [-0.2, -0.15) is 13.2 Å². The van der Waals surface area contributed by atoms with E-state index in [1.54, 1.807) is 6.20 Å². The van der Waals surface area contributed by atoms with Crippen LogP contribution in [-0.2, 0) is 6.18 Å². The van der Waals surface area contributed by atoms with Crippen molar-refractivity contribution in [3.05, 3.63) is 41.6 Å². The lowest BCUT2D eigenvalue weighted by atomic mass is 10.1. The average Bonchev–Trinajstić information content (AvgIpc) is 2.40. The molecule has 0 saturated heterocycles. The number of benzene rings is 1. The SMILES string of the molecule is CCNc1ncc(C)c(-c2ccc(C(F)(F)F)cc2)n1. The van der Waals surface area contributed by atoms with E-state index >= 15 is 0 Å². The lowest BCUT2D eigenvalue weighted by Crippen LogP contribution is -2.05. The van der Waals surface area contributed by atoms with Gasteiger partial charge in [0.15, 0.2) is 0 Å². The topological polar surface area (TPSA) is 37.8 Å². The Hall–Kier alpha value is -2.11. The lowest BCUT2D eigenvalue weighted by molar-refractivity contribution is -0.137. The van der Waals surface area contributed by atoms with Crippen molar-refractivity contribution in [3.63, 3.8) is 0 Å². The molecule has 3 nitrogen and oxygen atoms in total. The number of anilines is 1. The number of aromatic nitrogens is 2. The highest BCUT2D eigenvalue weighted by Gasteiger charge is 2.30. The van der Waals surface area contributed by atoms with E-state index in [0.717, 1.165) is 17.7 Å². The summed E-state index contributed by atoms with van der Waals surface area (Å²) in [6.07, 6.45) is -2.67. The van der Waals surface area contributed by atoms with Crippen LogP contribution in [0.4, 0.5) is 19.1 Å². The van der Waals surface area contributed by atoms with Gasteiger partial charge in [0.2, 0.25) is 5.95 Å². The summed E-state index contributed by atoms with van der Waals surface area (Å²) in [5.74, 6) is 0.466. The molecule has 0 fully saturated rings. The molecule has 20 heavy (non-hydrogen) atoms. The smallest absolute Gasteiger partial charge is 0.354 e. The van der Waals surface area contributed by atoms with E-state index in [4.69, 9.17) is 0 Å². The Morgan fingerprint density at radius 3 is 2.35 bits per heavy atom. The van der Waals surface area contributed by atoms with Crippen molar-refractivity contribution in [2.45, 2.75) is 20.0 Å². The van der Waals surface area contributed by atoms with Crippen LogP contribution in [0.2, 0.25) is 0 Å². The number of alkyl halides is 3. The van der Waals surface area contributed by atoms with Crippen LogP contribution in [0.1, 0.15) is 18.1 Å². The Morgan fingerprint density at radius 2 is 1.80 bits per heavy atom. The first-order valence-corrected chi connectivity index (χ1v) is 6.17. The molecule has 0 aliphatic rings. The van der Waals surface area contributed by atoms with Crippen LogP contribution in [0, 0.1) is 6.92 Å². The standard InChI is InChI=1S/C14H14F3N3/c1-3-18-13-19-8-9(2)12(20-13)10-4-6-11(7-5-10)14(15,16)17/h4-8H,3H2,1-2H3,(H,18,19,20). The Kier molecular flexibility index (Phi) is 3.92. The molecule has 0 atom stereocenters. The van der Waals surface area contributed by atoms with E-state index in [-0.39, 0.29) is 0 Å². The summed E-state index contributed by atoms with van der Waals surface area (Å²) in [6, 6.07) is 4.97. The molecule has 0 saturated carbocycles. The predicted molar refractivity (Wildman–Crippen MR) is 71.4 cm³/mol. The van der Waals surface area contributed by atoms with E-state index in [2.05, 4.69) is 15.3 Å². The van der Waals surface area contributed by atoms with Gasteiger partial charge in [0.25, 0.3) is 0 Å². The zero-order valence-corrected chi connectivity index (χ0v) is 11.1. The molecule has 2 aromatic rings. The van der Waals surface area contributed by atoms with E-state index in [9.17, 15) is 13.2 Å². The molecule has 0 bridgehead atoms. The quantitative estimate of drug-likeness (QED) is 0.927. The Balaban J connectivity index is 2.38. The van der Waals surface area contributed by atoms with Crippen LogP contribution in [-0.4, -0.2) is 16.5 Å². The number of aryl methyl sites for hydroxylation is 1. The Bertz CT molecular complexity index is 592. The molecular weight excluding hydrogens is 267 g/mol. The summed E-state index contributed by atoms with van der Waals surface area (Å²) >= 11 is 0. The van der Waals surface area contributed by atoms with Crippen LogP contribution >= 0.6 is 0 Å². The molecule has 1 heterocycles. The normalized spacial score (nSPS) is 11.4. The van der Waals surface area contributed by atoms with E-state index < -0.39 is 11.7 Å². The molecule has 1 aromatic heterocycles. The number of rotatable bonds is 3. The number of hydrogen-bond acceptors (Lipinski definition) is 3. The minimum absolute atomic E-state index is 0.466. The fourth-order valence-corrected chi connectivity index (χ4v) is 1.79. The van der Waals surface area contributed by atoms with E-state index in [1.807, 2.05) is 13.8 Å². The van der Waals surface area contributed by atoms with Gasteiger partial charge in [-0.3, -0.25) is 0 Å². The van der Waals surface area contributed by atoms with Gasteiger partial charge in [-0.1, -0.05) is 12.1 Å². The molecule has 0 amide bonds. The van der Waals surface area contributed by atoms with Crippen molar-refractivity contribution in [1.29, 1.82) is 0 Å². The van der Waals surface area contributed by atoms with Gasteiger partial charge in [-0.15, -0.1) is 0 Å². The molecule has 0 aliphatic carbocycles. The van der Waals surface area contributed by atoms with Crippen molar-refractivity contribution in [3.8, 4) is 11.3 Å². The summed E-state index contributed by atoms with van der Waals surface area (Å²) in [7, 11) is 0. The molecule has 1 aromatic carbocycles. The summed E-state index contributed by atoms with van der Waals surface area (Å²) in [6.45, 7) is 4.42. The minimum Gasteiger partial charge on any atom is -0.354 e. The van der Waals surface area contributed by atoms with Crippen LogP contribution in [0.5, 0.6) is 0 Å². The molecule has 2 rings (SSSR count). The van der Waals surface area contributed by atoms with E-state index in [0.29, 0.717) is 23.8 Å². The zero-order chi connectivity index (χ0) is 14.8. The maximum Gasteiger partial charge on any atom is 0.416 e. The minimum atomic E-state index is -4.33. The van der Waals surface area contributed by atoms with Gasteiger partial charge in [-0.25, -0.2) is 9.97 Å². The number of hydrogen-bond donors (Lipinski definition) is 1. The van der Waals surface area contributed by atoms with Gasteiger partial charge in [0, 0.05) is 18.3 Å². The molecule has 0 spiro atoms. The third-order valence-corrected chi connectivity index (χ3v) is 2.79. The predicted octanol–water partition coefficient (Wildman–Crippen LogP) is 3.90. The van der Waals surface area contributed by atoms with Crippen LogP contribution in [0.25, 0.3) is 11.3 Å². The van der Waals surface area contributed by atoms with Crippen LogP contribution < -0.4 is 5.32 Å². The second-order valence-electron chi connectivity index (χ2n) is 4.33. The van der Waals surface area contributed by atoms with Gasteiger partial charge in [0.1, 0.15) is 0 Å². The van der Waals surface area contributed by atoms with Crippen LogP contribution in [0.3, 0.4) is 0 Å². The van der Waals surface area contributed by atoms with Gasteiger partial charge in [-0.05, 0) is 31.5 Å². The number of nitrogens with zero attached hydrogens (tertiary/aromatic N) is 2. The maximum atomic E-state index is 12.5. The third kappa shape index (κ3) is 3.07. The number of nitrogens with one attached hydrogen (secondary N) is 1. The first kappa shape index (κ1) is 14.3. The Morgan fingerprint density at radius 1 is 1.15 bits per heavy atom. The first-order valence-electron chi connectivity index (χ1n) is 6.17. The summed E-state index contributed by atoms with van der Waals surface area (Å²) in [5, 5.41) is 2.98. The summed E-state index contributed by atoms with van der Waals surface area (Å²) < 4.78 is 37.6. The largest absolute Gasteiger partial charge is 0.416 e. The second kappa shape index (κ2) is 5.48. The van der Waals surface area contributed by atoms with Crippen LogP contribution in [0.15, 0.2) is 30.5 Å². The first-order chi connectivity index (χ1) is 9.41. The molecule has 1 N–H and O–H groups in total. The van der Waals surface area contributed by atoms with Gasteiger partial charge in [0.05, 0.1) is 11.3 Å². The molecule has 0 radical (unpaired) electrons. The Labute approximate surface area is 114 Å². The monoisotopic (exact) mass is 281 g/mol. The van der Waals surface area contributed by atoms with Crippen molar-refractivity contribution in [1.82, 2.24) is 9.97 Å². The van der Waals surface area contributed by atoms with Gasteiger partial charge >= 0.3 is 6.18 Å². The fourth-order valence-electron chi connectivity index (χ4n) is 1.79. The zero-order valence-electron chi connectivity index (χ0n) is 11.1. The molecule has 0 aliphatic heterocycles. The fraction of sp³-hybridized carbons (Fsp3) is 0.286. The van der Waals surface area contributed by atoms with Gasteiger partial charge < -0.3 is 5.32 Å². The van der Waals surface area contributed by atoms with Crippen molar-refractivity contribution in [2.75, 3.05) is 11.9 Å². The van der Waals surface area contributed by atoms with E-state index in [1.165, 1.54) is 12.1 Å². The highest BCUT2D eigenvalue weighted by atomic mass is 19.4. The van der Waals surface area contributed by atoms with Crippen molar-refractivity contribution >= 4 is 5.95 Å². The number of halogens is 3. The highest BCUT2D eigenvalue weighted by Crippen LogP contribution is 2.31. The average molecular weight is 281 g/mol. The van der Waals surface area contributed by atoms with Crippen molar-refractivity contribution < 1.29 is 13.2 Å². The molecule has 0 unspecified atom stereocenters. The maximum absolute atomic E-state index is 12.5. The van der Waals surface area contributed by atoms with Crippen molar-refractivity contribution in [2.24, 2.45) is 0 Å². The third-order valence-electron chi connectivity index (χ3n) is 2.79. The molecule has 6 heteroatoms. The summed E-state index contributed by atoms with van der Waals surface area (Å²) in [5.41, 5.74) is 1.41. The molecule has 106 valence electrons. The lowest BCUT2D eigenvalue weighted by Gasteiger charge is -2.10. The highest BCUT2D eigenvalue weighted by molar-refractivity contribution is 5.64. The molecular formula is C14H14F3N3. The second-order valence-corrected chi connectivity index (χ2v) is 4.33. The summed E-state index contributed by atoms with van der Waals surface area (Å²) in [4.78, 5) is 8.43.